The largest absolute Gasteiger partial charge is 0.494 e. The van der Waals surface area contributed by atoms with Crippen LogP contribution in [0.15, 0.2) is 71.6 Å². The third kappa shape index (κ3) is 6.24. The second kappa shape index (κ2) is 10.4. The van der Waals surface area contributed by atoms with E-state index in [9.17, 15) is 18.0 Å². The number of halogens is 1. The van der Waals surface area contributed by atoms with Gasteiger partial charge in [-0.15, -0.1) is 0 Å². The van der Waals surface area contributed by atoms with E-state index in [4.69, 9.17) is 16.3 Å². The van der Waals surface area contributed by atoms with Gasteiger partial charge in [0.2, 0.25) is 0 Å². The van der Waals surface area contributed by atoms with Crippen molar-refractivity contribution in [3.8, 4) is 5.75 Å². The second-order valence-corrected chi connectivity index (χ2v) is 9.07. The van der Waals surface area contributed by atoms with E-state index >= 15 is 0 Å². The number of hydrogen-bond acceptors (Lipinski definition) is 5. The van der Waals surface area contributed by atoms with Crippen LogP contribution >= 0.6 is 11.6 Å². The summed E-state index contributed by atoms with van der Waals surface area (Å²) in [6.45, 7) is 4.18. The summed E-state index contributed by atoms with van der Waals surface area (Å²) in [7, 11) is -3.97. The number of amides is 2. The minimum Gasteiger partial charge on any atom is -0.494 e. The molecule has 8 nitrogen and oxygen atoms in total. The normalized spacial score (nSPS) is 10.9. The number of carbonyl (C=O) groups is 2. The maximum atomic E-state index is 12.8. The Morgan fingerprint density at radius 3 is 2.30 bits per heavy atom. The minimum absolute atomic E-state index is 0.0253. The van der Waals surface area contributed by atoms with Crippen molar-refractivity contribution in [3.05, 3.63) is 88.4 Å². The topological polar surface area (TPSA) is 114 Å². The highest BCUT2D eigenvalue weighted by Crippen LogP contribution is 2.23. The number of anilines is 1. The molecule has 172 valence electrons. The van der Waals surface area contributed by atoms with E-state index in [1.54, 1.807) is 42.5 Å². The average Bonchev–Trinajstić information content (AvgIpc) is 2.78. The highest BCUT2D eigenvalue weighted by Gasteiger charge is 2.19. The molecule has 0 heterocycles. The van der Waals surface area contributed by atoms with Crippen LogP contribution < -0.4 is 20.3 Å². The Morgan fingerprint density at radius 1 is 0.939 bits per heavy atom. The highest BCUT2D eigenvalue weighted by atomic mass is 35.5. The summed E-state index contributed by atoms with van der Waals surface area (Å²) in [5.41, 5.74) is 5.97. The molecule has 0 aromatic heterocycles. The summed E-state index contributed by atoms with van der Waals surface area (Å²) < 4.78 is 33.3. The predicted molar refractivity (Wildman–Crippen MR) is 126 cm³/mol. The number of carbonyl (C=O) groups excluding carboxylic acids is 2. The van der Waals surface area contributed by atoms with Crippen LogP contribution in [0, 0.1) is 6.92 Å². The van der Waals surface area contributed by atoms with Gasteiger partial charge in [-0.05, 0) is 74.0 Å². The quantitative estimate of drug-likeness (QED) is 0.437. The number of sulfonamides is 1. The maximum absolute atomic E-state index is 12.8. The molecule has 2 amide bonds. The molecule has 0 bridgehead atoms. The van der Waals surface area contributed by atoms with Crippen molar-refractivity contribution in [1.29, 1.82) is 0 Å². The molecule has 3 N–H and O–H groups in total. The zero-order valence-corrected chi connectivity index (χ0v) is 19.5. The predicted octanol–water partition coefficient (Wildman–Crippen LogP) is 3.92. The van der Waals surface area contributed by atoms with E-state index < -0.39 is 21.8 Å². The molecule has 0 saturated carbocycles. The fourth-order valence-electron chi connectivity index (χ4n) is 2.89. The number of hydrogen-bond donors (Lipinski definition) is 3. The van der Waals surface area contributed by atoms with Crippen molar-refractivity contribution in [2.24, 2.45) is 0 Å². The van der Waals surface area contributed by atoms with Gasteiger partial charge in [-0.25, -0.2) is 8.42 Å². The molecule has 0 aliphatic carbocycles. The van der Waals surface area contributed by atoms with Gasteiger partial charge in [-0.2, -0.15) is 0 Å². The number of aryl methyl sites for hydroxylation is 1. The molecule has 0 aliphatic rings. The lowest BCUT2D eigenvalue weighted by Gasteiger charge is -2.12. The van der Waals surface area contributed by atoms with Gasteiger partial charge in [-0.1, -0.05) is 23.7 Å². The van der Waals surface area contributed by atoms with E-state index in [0.29, 0.717) is 23.6 Å². The minimum atomic E-state index is -3.97. The van der Waals surface area contributed by atoms with Crippen LogP contribution in [0.25, 0.3) is 0 Å². The van der Waals surface area contributed by atoms with Crippen molar-refractivity contribution >= 4 is 39.1 Å². The highest BCUT2D eigenvalue weighted by molar-refractivity contribution is 7.92. The lowest BCUT2D eigenvalue weighted by molar-refractivity contribution is 0.0846. The summed E-state index contributed by atoms with van der Waals surface area (Å²) in [6, 6.07) is 16.9. The smallest absolute Gasteiger partial charge is 0.271 e. The zero-order valence-electron chi connectivity index (χ0n) is 17.9. The maximum Gasteiger partial charge on any atom is 0.271 e. The third-order valence-corrected chi connectivity index (χ3v) is 6.19. The summed E-state index contributed by atoms with van der Waals surface area (Å²) >= 11 is 6.10. The lowest BCUT2D eigenvalue weighted by atomic mass is 10.2. The number of ether oxygens (including phenoxy) is 1. The van der Waals surface area contributed by atoms with Crippen LogP contribution in [0.2, 0.25) is 5.02 Å². The Balaban J connectivity index is 1.71. The van der Waals surface area contributed by atoms with Gasteiger partial charge in [0.05, 0.1) is 22.1 Å². The fraction of sp³-hybridized carbons (Fsp3) is 0.130. The fourth-order valence-corrected chi connectivity index (χ4v) is 4.17. The first kappa shape index (κ1) is 24.1. The van der Waals surface area contributed by atoms with Crippen molar-refractivity contribution < 1.29 is 22.7 Å². The van der Waals surface area contributed by atoms with Gasteiger partial charge in [0.1, 0.15) is 5.75 Å². The van der Waals surface area contributed by atoms with Crippen molar-refractivity contribution in [2.45, 2.75) is 18.7 Å². The Morgan fingerprint density at radius 2 is 1.64 bits per heavy atom. The molecule has 0 atom stereocenters. The van der Waals surface area contributed by atoms with Crippen LogP contribution in [0.3, 0.4) is 0 Å². The summed E-state index contributed by atoms with van der Waals surface area (Å²) in [4.78, 5) is 24.7. The number of hydrazine groups is 1. The van der Waals surface area contributed by atoms with Crippen molar-refractivity contribution in [1.82, 2.24) is 10.9 Å². The molecule has 0 radical (unpaired) electrons. The molecule has 3 aromatic carbocycles. The molecule has 0 fully saturated rings. The van der Waals surface area contributed by atoms with Gasteiger partial charge >= 0.3 is 0 Å². The van der Waals surface area contributed by atoms with Crippen LogP contribution in [0.4, 0.5) is 5.69 Å². The van der Waals surface area contributed by atoms with Gasteiger partial charge in [-0.3, -0.25) is 25.2 Å². The molecule has 0 unspecified atom stereocenters. The molecule has 3 aromatic rings. The van der Waals surface area contributed by atoms with E-state index in [1.807, 2.05) is 19.9 Å². The van der Waals surface area contributed by atoms with Crippen LogP contribution in [0.5, 0.6) is 5.75 Å². The van der Waals surface area contributed by atoms with Gasteiger partial charge in [0.15, 0.2) is 0 Å². The monoisotopic (exact) mass is 487 g/mol. The number of nitrogens with one attached hydrogen (secondary N) is 3. The third-order valence-electron chi connectivity index (χ3n) is 4.48. The van der Waals surface area contributed by atoms with Crippen LogP contribution in [-0.2, 0) is 10.0 Å². The van der Waals surface area contributed by atoms with E-state index in [0.717, 1.165) is 11.6 Å². The Kier molecular flexibility index (Phi) is 7.57. The summed E-state index contributed by atoms with van der Waals surface area (Å²) in [6.07, 6.45) is 0. The second-order valence-electron chi connectivity index (χ2n) is 6.98. The van der Waals surface area contributed by atoms with Crippen molar-refractivity contribution in [2.75, 3.05) is 11.3 Å². The molecular formula is C23H22ClN3O5S. The van der Waals surface area contributed by atoms with Crippen LogP contribution in [0.1, 0.15) is 33.2 Å². The summed E-state index contributed by atoms with van der Waals surface area (Å²) in [5, 5.41) is 0.0253. The molecule has 0 aliphatic heterocycles. The SMILES string of the molecule is CCOc1ccc(C(=O)NNC(=O)c2cc(S(=O)(=O)Nc3cccc(C)c3)ccc2Cl)cc1. The first-order valence-corrected chi connectivity index (χ1v) is 11.8. The standard InChI is InChI=1S/C23H22ClN3O5S/c1-3-32-18-9-7-16(8-10-18)22(28)25-26-23(29)20-14-19(11-12-21(20)24)33(30,31)27-17-6-4-5-15(2)13-17/h4-14,27H,3H2,1-2H3,(H,25,28)(H,26,29). The van der Waals surface area contributed by atoms with Gasteiger partial charge < -0.3 is 4.74 Å². The average molecular weight is 488 g/mol. The first-order valence-electron chi connectivity index (χ1n) is 9.92. The number of benzene rings is 3. The first-order chi connectivity index (χ1) is 15.7. The lowest BCUT2D eigenvalue weighted by Crippen LogP contribution is -2.41. The zero-order chi connectivity index (χ0) is 24.0. The van der Waals surface area contributed by atoms with Gasteiger partial charge in [0, 0.05) is 11.3 Å². The number of rotatable bonds is 7. The Hall–Kier alpha value is -3.56. The molecule has 3 rings (SSSR count). The van der Waals surface area contributed by atoms with E-state index in [2.05, 4.69) is 15.6 Å². The molecule has 10 heteroatoms. The molecular weight excluding hydrogens is 466 g/mol. The molecule has 33 heavy (non-hydrogen) atoms. The Bertz CT molecular complexity index is 1280. The Labute approximate surface area is 196 Å². The molecule has 0 saturated heterocycles. The van der Waals surface area contributed by atoms with E-state index in [-0.39, 0.29) is 15.5 Å². The van der Waals surface area contributed by atoms with Gasteiger partial charge in [0.25, 0.3) is 21.8 Å². The molecule has 0 spiro atoms. The van der Waals surface area contributed by atoms with Crippen LogP contribution in [-0.4, -0.2) is 26.8 Å². The summed E-state index contributed by atoms with van der Waals surface area (Å²) in [5.74, 6) is -0.721. The van der Waals surface area contributed by atoms with E-state index in [1.165, 1.54) is 12.1 Å². The van der Waals surface area contributed by atoms with Crippen molar-refractivity contribution in [3.63, 3.8) is 0 Å².